The van der Waals surface area contributed by atoms with E-state index in [4.69, 9.17) is 0 Å². The van der Waals surface area contributed by atoms with Crippen molar-refractivity contribution in [2.45, 2.75) is 33.1 Å². The molecule has 0 radical (unpaired) electrons. The fourth-order valence-corrected chi connectivity index (χ4v) is 2.96. The molecule has 0 saturated heterocycles. The van der Waals surface area contributed by atoms with Crippen LogP contribution in [-0.4, -0.2) is 11.1 Å². The molecular formula is C21H24O2. The van der Waals surface area contributed by atoms with Gasteiger partial charge in [-0.15, -0.1) is 0 Å². The fraction of sp³-hybridized carbons (Fsp3) is 0.286. The van der Waals surface area contributed by atoms with Gasteiger partial charge in [-0.2, -0.15) is 0 Å². The van der Waals surface area contributed by atoms with E-state index >= 15 is 0 Å². The van der Waals surface area contributed by atoms with Gasteiger partial charge < -0.3 is 5.11 Å². The molecule has 0 aliphatic heterocycles. The van der Waals surface area contributed by atoms with E-state index < -0.39 is 5.97 Å². The van der Waals surface area contributed by atoms with E-state index in [0.717, 1.165) is 24.8 Å². The molecule has 23 heavy (non-hydrogen) atoms. The Kier molecular flexibility index (Phi) is 6.16. The molecule has 0 heterocycles. The molecule has 0 aliphatic carbocycles. The van der Waals surface area contributed by atoms with E-state index in [0.29, 0.717) is 11.5 Å². The van der Waals surface area contributed by atoms with Gasteiger partial charge in [0, 0.05) is 0 Å². The largest absolute Gasteiger partial charge is 0.478 e. The molecule has 1 N–H and O–H groups in total. The number of allylic oxidation sites excluding steroid dienone is 1. The van der Waals surface area contributed by atoms with E-state index in [1.165, 1.54) is 11.1 Å². The van der Waals surface area contributed by atoms with Crippen molar-refractivity contribution >= 4 is 12.0 Å². The van der Waals surface area contributed by atoms with Gasteiger partial charge in [-0.25, -0.2) is 4.79 Å². The summed E-state index contributed by atoms with van der Waals surface area (Å²) in [7, 11) is 0. The number of benzene rings is 2. The Morgan fingerprint density at radius 2 is 1.74 bits per heavy atom. The lowest BCUT2D eigenvalue weighted by Gasteiger charge is -2.17. The summed E-state index contributed by atoms with van der Waals surface area (Å²) >= 11 is 0. The minimum Gasteiger partial charge on any atom is -0.478 e. The maximum atomic E-state index is 11.3. The van der Waals surface area contributed by atoms with E-state index in [9.17, 15) is 9.90 Å². The summed E-state index contributed by atoms with van der Waals surface area (Å²) in [4.78, 5) is 11.3. The van der Waals surface area contributed by atoms with Crippen molar-refractivity contribution in [3.05, 3.63) is 76.9 Å². The number of aromatic carboxylic acids is 1. The van der Waals surface area contributed by atoms with Crippen LogP contribution in [0, 0.1) is 5.92 Å². The zero-order valence-electron chi connectivity index (χ0n) is 13.8. The van der Waals surface area contributed by atoms with Gasteiger partial charge in [0.05, 0.1) is 5.56 Å². The first kappa shape index (κ1) is 17.0. The molecule has 120 valence electrons. The quantitative estimate of drug-likeness (QED) is 0.738. The average molecular weight is 308 g/mol. The van der Waals surface area contributed by atoms with Crippen LogP contribution in [0.15, 0.2) is 60.2 Å². The molecule has 2 nitrogen and oxygen atoms in total. The SMILES string of the molecule is CCC(CCc1ccccc1C(=O)O)C(C)=Cc1ccccc1. The Balaban J connectivity index is 2.09. The van der Waals surface area contributed by atoms with Crippen molar-refractivity contribution in [1.29, 1.82) is 0 Å². The van der Waals surface area contributed by atoms with Crippen molar-refractivity contribution in [1.82, 2.24) is 0 Å². The second-order valence-corrected chi connectivity index (χ2v) is 5.91. The van der Waals surface area contributed by atoms with Crippen molar-refractivity contribution in [3.8, 4) is 0 Å². The predicted octanol–water partition coefficient (Wildman–Crippen LogP) is 5.45. The van der Waals surface area contributed by atoms with Crippen LogP contribution in [0.5, 0.6) is 0 Å². The van der Waals surface area contributed by atoms with E-state index in [1.54, 1.807) is 12.1 Å². The maximum Gasteiger partial charge on any atom is 0.335 e. The number of carboxylic acid groups (broad SMARTS) is 1. The third kappa shape index (κ3) is 4.82. The van der Waals surface area contributed by atoms with Crippen molar-refractivity contribution < 1.29 is 9.90 Å². The molecule has 0 spiro atoms. The number of aryl methyl sites for hydroxylation is 1. The molecule has 2 heteroatoms. The topological polar surface area (TPSA) is 37.3 Å². The monoisotopic (exact) mass is 308 g/mol. The van der Waals surface area contributed by atoms with Gasteiger partial charge in [-0.3, -0.25) is 0 Å². The van der Waals surface area contributed by atoms with Crippen LogP contribution in [0.3, 0.4) is 0 Å². The first-order chi connectivity index (χ1) is 11.1. The molecule has 2 aromatic carbocycles. The van der Waals surface area contributed by atoms with Gasteiger partial charge in [-0.05, 0) is 49.3 Å². The molecular weight excluding hydrogens is 284 g/mol. The number of hydrogen-bond acceptors (Lipinski definition) is 1. The second-order valence-electron chi connectivity index (χ2n) is 5.91. The van der Waals surface area contributed by atoms with E-state index in [1.807, 2.05) is 30.3 Å². The first-order valence-electron chi connectivity index (χ1n) is 8.16. The van der Waals surface area contributed by atoms with Crippen LogP contribution in [0.25, 0.3) is 6.08 Å². The van der Waals surface area contributed by atoms with Gasteiger partial charge >= 0.3 is 5.97 Å². The highest BCUT2D eigenvalue weighted by Gasteiger charge is 2.13. The highest BCUT2D eigenvalue weighted by atomic mass is 16.4. The van der Waals surface area contributed by atoms with Gasteiger partial charge in [0.15, 0.2) is 0 Å². The first-order valence-corrected chi connectivity index (χ1v) is 8.16. The number of hydrogen-bond donors (Lipinski definition) is 1. The Bertz CT molecular complexity index is 671. The molecule has 0 bridgehead atoms. The highest BCUT2D eigenvalue weighted by molar-refractivity contribution is 5.89. The maximum absolute atomic E-state index is 11.3. The van der Waals surface area contributed by atoms with Crippen LogP contribution in [0.4, 0.5) is 0 Å². The van der Waals surface area contributed by atoms with Gasteiger partial charge in [0.1, 0.15) is 0 Å². The summed E-state index contributed by atoms with van der Waals surface area (Å²) < 4.78 is 0. The summed E-state index contributed by atoms with van der Waals surface area (Å²) in [5, 5.41) is 9.28. The van der Waals surface area contributed by atoms with Crippen molar-refractivity contribution in [2.24, 2.45) is 5.92 Å². The molecule has 2 aromatic rings. The Morgan fingerprint density at radius 3 is 2.39 bits per heavy atom. The molecule has 0 aliphatic rings. The number of carboxylic acids is 1. The van der Waals surface area contributed by atoms with E-state index in [-0.39, 0.29) is 0 Å². The Morgan fingerprint density at radius 1 is 1.09 bits per heavy atom. The summed E-state index contributed by atoms with van der Waals surface area (Å²) in [6.45, 7) is 4.36. The van der Waals surface area contributed by atoms with Crippen molar-refractivity contribution in [2.75, 3.05) is 0 Å². The summed E-state index contributed by atoms with van der Waals surface area (Å²) in [6.07, 6.45) is 5.05. The third-order valence-corrected chi connectivity index (χ3v) is 4.34. The minimum atomic E-state index is -0.842. The molecule has 0 saturated carbocycles. The van der Waals surface area contributed by atoms with Crippen LogP contribution in [0.1, 0.15) is 48.2 Å². The lowest BCUT2D eigenvalue weighted by molar-refractivity contribution is 0.0695. The molecule has 0 amide bonds. The second kappa shape index (κ2) is 8.33. The zero-order chi connectivity index (χ0) is 16.7. The standard InChI is InChI=1S/C21H24O2/c1-3-18(16(2)15-17-9-5-4-6-10-17)13-14-19-11-7-8-12-20(19)21(22)23/h4-12,15,18H,3,13-14H2,1-2H3,(H,22,23). The molecule has 1 unspecified atom stereocenters. The van der Waals surface area contributed by atoms with Crippen LogP contribution >= 0.6 is 0 Å². The Hall–Kier alpha value is -2.35. The lowest BCUT2D eigenvalue weighted by atomic mass is 9.89. The zero-order valence-corrected chi connectivity index (χ0v) is 13.8. The molecule has 0 fully saturated rings. The molecule has 1 atom stereocenters. The molecule has 0 aromatic heterocycles. The lowest BCUT2D eigenvalue weighted by Crippen LogP contribution is -2.06. The van der Waals surface area contributed by atoms with Crippen LogP contribution in [-0.2, 0) is 6.42 Å². The smallest absolute Gasteiger partial charge is 0.335 e. The summed E-state index contributed by atoms with van der Waals surface area (Å²) in [5.41, 5.74) is 3.92. The summed E-state index contributed by atoms with van der Waals surface area (Å²) in [5.74, 6) is -0.373. The minimum absolute atomic E-state index is 0.423. The molecule has 2 rings (SSSR count). The number of rotatable bonds is 7. The fourth-order valence-electron chi connectivity index (χ4n) is 2.96. The van der Waals surface area contributed by atoms with Gasteiger partial charge in [0.2, 0.25) is 0 Å². The van der Waals surface area contributed by atoms with E-state index in [2.05, 4.69) is 32.1 Å². The van der Waals surface area contributed by atoms with Crippen LogP contribution in [0.2, 0.25) is 0 Å². The third-order valence-electron chi connectivity index (χ3n) is 4.34. The summed E-state index contributed by atoms with van der Waals surface area (Å²) in [6, 6.07) is 17.6. The average Bonchev–Trinajstić information content (AvgIpc) is 2.56. The Labute approximate surface area is 138 Å². The van der Waals surface area contributed by atoms with Gasteiger partial charge in [-0.1, -0.05) is 67.1 Å². The number of carbonyl (C=O) groups is 1. The van der Waals surface area contributed by atoms with Gasteiger partial charge in [0.25, 0.3) is 0 Å². The van der Waals surface area contributed by atoms with Crippen LogP contribution < -0.4 is 0 Å². The van der Waals surface area contributed by atoms with Crippen molar-refractivity contribution in [3.63, 3.8) is 0 Å². The normalized spacial score (nSPS) is 12.9. The predicted molar refractivity (Wildman–Crippen MR) is 95.6 cm³/mol. The highest BCUT2D eigenvalue weighted by Crippen LogP contribution is 2.24.